The topological polar surface area (TPSA) is 55.9 Å². The van der Waals surface area contributed by atoms with E-state index < -0.39 is 0 Å². The van der Waals surface area contributed by atoms with E-state index in [1.54, 1.807) is 11.8 Å². The average Bonchev–Trinajstić information content (AvgIpc) is 3.16. The van der Waals surface area contributed by atoms with Crippen molar-refractivity contribution in [2.45, 2.75) is 39.2 Å². The summed E-state index contributed by atoms with van der Waals surface area (Å²) in [4.78, 5) is 30.5. The molecule has 27 heavy (non-hydrogen) atoms. The Hall–Kier alpha value is -2.08. The maximum absolute atomic E-state index is 12.3. The number of benzene rings is 1. The Bertz CT molecular complexity index is 655. The van der Waals surface area contributed by atoms with Gasteiger partial charge >= 0.3 is 0 Å². The first kappa shape index (κ1) is 19.7. The lowest BCUT2D eigenvalue weighted by Crippen LogP contribution is -2.48. The van der Waals surface area contributed by atoms with Gasteiger partial charge in [-0.2, -0.15) is 0 Å². The molecular weight excluding hydrogens is 340 g/mol. The van der Waals surface area contributed by atoms with Gasteiger partial charge in [0.1, 0.15) is 6.04 Å². The Morgan fingerprint density at radius 1 is 1.15 bits per heavy atom. The number of piperazine rings is 1. The van der Waals surface area contributed by atoms with Gasteiger partial charge in [0.2, 0.25) is 11.8 Å². The van der Waals surface area contributed by atoms with Gasteiger partial charge in [0.25, 0.3) is 0 Å². The van der Waals surface area contributed by atoms with Crippen molar-refractivity contribution in [3.63, 3.8) is 0 Å². The van der Waals surface area contributed by atoms with E-state index in [2.05, 4.69) is 46.3 Å². The molecule has 2 saturated heterocycles. The summed E-state index contributed by atoms with van der Waals surface area (Å²) < 4.78 is 0. The van der Waals surface area contributed by atoms with Crippen molar-refractivity contribution in [3.8, 4) is 0 Å². The largest absolute Gasteiger partial charge is 0.369 e. The van der Waals surface area contributed by atoms with E-state index in [0.29, 0.717) is 13.1 Å². The molecule has 0 aliphatic carbocycles. The van der Waals surface area contributed by atoms with Crippen LogP contribution in [0.4, 0.5) is 5.69 Å². The van der Waals surface area contributed by atoms with Crippen LogP contribution in [0.2, 0.25) is 0 Å². The SMILES string of the molecule is CC(=O)N1CCCC1C(=O)NCCCN1CCN(c2cccc(C)c2)CC1. The van der Waals surface area contributed by atoms with Gasteiger partial charge in [-0.1, -0.05) is 12.1 Å². The second-order valence-electron chi connectivity index (χ2n) is 7.68. The number of amides is 2. The van der Waals surface area contributed by atoms with Crippen LogP contribution in [0.3, 0.4) is 0 Å². The molecule has 1 N–H and O–H groups in total. The molecule has 2 amide bonds. The zero-order valence-corrected chi connectivity index (χ0v) is 16.6. The number of nitrogens with zero attached hydrogens (tertiary/aromatic N) is 3. The minimum Gasteiger partial charge on any atom is -0.369 e. The molecule has 1 atom stereocenters. The highest BCUT2D eigenvalue weighted by Gasteiger charge is 2.31. The number of nitrogens with one attached hydrogen (secondary N) is 1. The number of aryl methyl sites for hydroxylation is 1. The summed E-state index contributed by atoms with van der Waals surface area (Å²) in [6.07, 6.45) is 2.65. The molecule has 1 unspecified atom stereocenters. The standard InChI is InChI=1S/C21H32N4O2/c1-17-6-3-7-19(16-17)24-14-12-23(13-15-24)10-5-9-22-21(27)20-8-4-11-25(20)18(2)26/h3,6-7,16,20H,4-5,8-15H2,1-2H3,(H,22,27). The molecule has 1 aromatic rings. The van der Waals surface area contributed by atoms with Crippen LogP contribution in [0.15, 0.2) is 24.3 Å². The van der Waals surface area contributed by atoms with E-state index in [1.807, 2.05) is 0 Å². The van der Waals surface area contributed by atoms with E-state index in [1.165, 1.54) is 11.3 Å². The number of anilines is 1. The third kappa shape index (κ3) is 5.22. The molecule has 2 fully saturated rings. The summed E-state index contributed by atoms with van der Waals surface area (Å²) in [7, 11) is 0. The van der Waals surface area contributed by atoms with E-state index in [9.17, 15) is 9.59 Å². The van der Waals surface area contributed by atoms with Crippen molar-refractivity contribution >= 4 is 17.5 Å². The molecule has 0 spiro atoms. The molecule has 0 radical (unpaired) electrons. The van der Waals surface area contributed by atoms with Gasteiger partial charge in [-0.3, -0.25) is 14.5 Å². The first-order chi connectivity index (χ1) is 13.0. The smallest absolute Gasteiger partial charge is 0.242 e. The van der Waals surface area contributed by atoms with Crippen LogP contribution in [-0.4, -0.2) is 73.5 Å². The molecular formula is C21H32N4O2. The lowest BCUT2D eigenvalue weighted by atomic mass is 10.2. The zero-order chi connectivity index (χ0) is 19.2. The summed E-state index contributed by atoms with van der Waals surface area (Å²) in [5, 5.41) is 3.02. The van der Waals surface area contributed by atoms with Crippen LogP contribution in [0.1, 0.15) is 31.7 Å². The van der Waals surface area contributed by atoms with Crippen LogP contribution in [0.5, 0.6) is 0 Å². The molecule has 0 bridgehead atoms. The van der Waals surface area contributed by atoms with Crippen molar-refractivity contribution < 1.29 is 9.59 Å². The lowest BCUT2D eigenvalue weighted by molar-refractivity contribution is -0.136. The molecule has 1 aromatic carbocycles. The Balaban J connectivity index is 1.34. The Morgan fingerprint density at radius 3 is 2.63 bits per heavy atom. The first-order valence-corrected chi connectivity index (χ1v) is 10.1. The molecule has 6 heteroatoms. The molecule has 3 rings (SSSR count). The van der Waals surface area contributed by atoms with Crippen molar-refractivity contribution in [1.29, 1.82) is 0 Å². The van der Waals surface area contributed by atoms with Crippen molar-refractivity contribution in [2.24, 2.45) is 0 Å². The molecule has 0 saturated carbocycles. The highest BCUT2D eigenvalue weighted by Crippen LogP contribution is 2.18. The van der Waals surface area contributed by atoms with Gasteiger partial charge in [0.05, 0.1) is 0 Å². The Morgan fingerprint density at radius 2 is 1.93 bits per heavy atom. The predicted molar refractivity (Wildman–Crippen MR) is 108 cm³/mol. The third-order valence-electron chi connectivity index (χ3n) is 5.65. The lowest BCUT2D eigenvalue weighted by Gasteiger charge is -2.36. The number of hydrogen-bond donors (Lipinski definition) is 1. The summed E-state index contributed by atoms with van der Waals surface area (Å²) in [6, 6.07) is 8.43. The molecule has 6 nitrogen and oxygen atoms in total. The molecule has 2 heterocycles. The van der Waals surface area contributed by atoms with Crippen LogP contribution in [0.25, 0.3) is 0 Å². The third-order valence-corrected chi connectivity index (χ3v) is 5.65. The predicted octanol–water partition coefficient (Wildman–Crippen LogP) is 1.63. The van der Waals surface area contributed by atoms with Gasteiger partial charge in [-0.25, -0.2) is 0 Å². The van der Waals surface area contributed by atoms with Gasteiger partial charge < -0.3 is 15.1 Å². The second kappa shape index (κ2) is 9.22. The van der Waals surface area contributed by atoms with Crippen LogP contribution >= 0.6 is 0 Å². The van der Waals surface area contributed by atoms with Crippen molar-refractivity contribution in [3.05, 3.63) is 29.8 Å². The van der Waals surface area contributed by atoms with Crippen LogP contribution in [0, 0.1) is 6.92 Å². The zero-order valence-electron chi connectivity index (χ0n) is 16.6. The van der Waals surface area contributed by atoms with Crippen LogP contribution < -0.4 is 10.2 Å². The number of likely N-dealkylation sites (tertiary alicyclic amines) is 1. The van der Waals surface area contributed by atoms with Gasteiger partial charge in [0.15, 0.2) is 0 Å². The number of hydrogen-bond acceptors (Lipinski definition) is 4. The molecule has 2 aliphatic heterocycles. The fraction of sp³-hybridized carbons (Fsp3) is 0.619. The average molecular weight is 373 g/mol. The van der Waals surface area contributed by atoms with Gasteiger partial charge in [-0.05, 0) is 50.4 Å². The van der Waals surface area contributed by atoms with Crippen molar-refractivity contribution in [2.75, 3.05) is 50.7 Å². The fourth-order valence-electron chi connectivity index (χ4n) is 4.10. The summed E-state index contributed by atoms with van der Waals surface area (Å²) in [5.74, 6) is 0.00565. The van der Waals surface area contributed by atoms with E-state index in [0.717, 1.165) is 52.0 Å². The molecule has 2 aliphatic rings. The van der Waals surface area contributed by atoms with E-state index in [4.69, 9.17) is 0 Å². The van der Waals surface area contributed by atoms with E-state index >= 15 is 0 Å². The molecule has 0 aromatic heterocycles. The Labute approximate surface area is 162 Å². The molecule has 148 valence electrons. The minimum atomic E-state index is -0.264. The van der Waals surface area contributed by atoms with Crippen molar-refractivity contribution in [1.82, 2.24) is 15.1 Å². The number of rotatable bonds is 6. The number of carbonyl (C=O) groups is 2. The van der Waals surface area contributed by atoms with Crippen LogP contribution in [-0.2, 0) is 9.59 Å². The van der Waals surface area contributed by atoms with Gasteiger partial charge in [0, 0.05) is 51.9 Å². The number of carbonyl (C=O) groups excluding carboxylic acids is 2. The quantitative estimate of drug-likeness (QED) is 0.772. The summed E-state index contributed by atoms with van der Waals surface area (Å²) >= 11 is 0. The monoisotopic (exact) mass is 372 g/mol. The fourth-order valence-corrected chi connectivity index (χ4v) is 4.10. The Kier molecular flexibility index (Phi) is 6.72. The maximum atomic E-state index is 12.3. The first-order valence-electron chi connectivity index (χ1n) is 10.1. The summed E-state index contributed by atoms with van der Waals surface area (Å²) in [5.41, 5.74) is 2.62. The minimum absolute atomic E-state index is 0.000805. The second-order valence-corrected chi connectivity index (χ2v) is 7.68. The highest BCUT2D eigenvalue weighted by atomic mass is 16.2. The van der Waals surface area contributed by atoms with Gasteiger partial charge in [-0.15, -0.1) is 0 Å². The highest BCUT2D eigenvalue weighted by molar-refractivity contribution is 5.87. The van der Waals surface area contributed by atoms with E-state index in [-0.39, 0.29) is 17.9 Å². The normalized spacial score (nSPS) is 20.7. The summed E-state index contributed by atoms with van der Waals surface area (Å²) in [6.45, 7) is 10.3. The maximum Gasteiger partial charge on any atom is 0.242 e.